The summed E-state index contributed by atoms with van der Waals surface area (Å²) in [4.78, 5) is 64.3. The van der Waals surface area contributed by atoms with Crippen molar-refractivity contribution in [2.45, 2.75) is 84.4 Å². The number of aliphatic hydroxyl groups is 2. The Morgan fingerprint density at radius 3 is 1.71 bits per heavy atom. The van der Waals surface area contributed by atoms with Gasteiger partial charge in [-0.25, -0.2) is 0 Å². The number of halogens is 1. The van der Waals surface area contributed by atoms with Crippen molar-refractivity contribution in [1.82, 2.24) is 0 Å². The molecule has 1 rings (SSSR count). The zero-order valence-electron chi connectivity index (χ0n) is 26.1. The fourth-order valence-corrected chi connectivity index (χ4v) is 3.68. The van der Waals surface area contributed by atoms with E-state index in [-0.39, 0.29) is 62.8 Å². The predicted octanol–water partition coefficient (Wildman–Crippen LogP) is 2.05. The molecule has 0 aliphatic rings. The van der Waals surface area contributed by atoms with Gasteiger partial charge in [0.15, 0.2) is 12.2 Å². The lowest BCUT2D eigenvalue weighted by Gasteiger charge is -2.33. The van der Waals surface area contributed by atoms with Gasteiger partial charge in [-0.15, -0.1) is 0 Å². The van der Waals surface area contributed by atoms with Crippen LogP contribution in [-0.4, -0.2) is 108 Å². The van der Waals surface area contributed by atoms with E-state index in [0.29, 0.717) is 0 Å². The van der Waals surface area contributed by atoms with Crippen LogP contribution in [0.3, 0.4) is 0 Å². The van der Waals surface area contributed by atoms with Gasteiger partial charge in [0.05, 0.1) is 19.8 Å². The first-order valence-electron chi connectivity index (χ1n) is 13.6. The van der Waals surface area contributed by atoms with Gasteiger partial charge in [0.25, 0.3) is 11.7 Å². The standard InChI is InChI=1S/C25H35ClO11.C3H6O2.CH2O2/c1-15(13-21(9-11-27)34-16(2)29)33-14-23(37-20-7-5-19(6-8-20)25(26)32)24(36-18(4)31)22(10-12-28)35-17(3)30;1-3(4)5-2;2-1-3/h5-8,15,21-24,27-28H,9-14H2,1-4H3;1-2H3;1H,(H,2,3). The van der Waals surface area contributed by atoms with E-state index >= 15 is 0 Å². The molecule has 1 aromatic rings. The molecule has 0 bridgehead atoms. The average molecular weight is 667 g/mol. The van der Waals surface area contributed by atoms with E-state index < -0.39 is 53.7 Å². The van der Waals surface area contributed by atoms with Gasteiger partial charge in [-0.05, 0) is 42.8 Å². The van der Waals surface area contributed by atoms with Crippen molar-refractivity contribution in [1.29, 1.82) is 0 Å². The Labute approximate surface area is 266 Å². The summed E-state index contributed by atoms with van der Waals surface area (Å²) in [5.74, 6) is -1.79. The molecule has 0 heterocycles. The number of esters is 4. The average Bonchev–Trinajstić information content (AvgIpc) is 2.94. The maximum atomic E-state index is 11.9. The van der Waals surface area contributed by atoms with E-state index in [1.165, 1.54) is 59.1 Å². The molecule has 45 heavy (non-hydrogen) atoms. The van der Waals surface area contributed by atoms with E-state index in [1.807, 2.05) is 0 Å². The topological polar surface area (TPSA) is 218 Å². The zero-order chi connectivity index (χ0) is 34.9. The number of rotatable bonds is 17. The lowest BCUT2D eigenvalue weighted by molar-refractivity contribution is -0.178. The normalized spacial score (nSPS) is 13.4. The smallest absolute Gasteiger partial charge is 0.303 e. The molecule has 0 aromatic heterocycles. The molecular weight excluding hydrogens is 624 g/mol. The van der Waals surface area contributed by atoms with Crippen LogP contribution >= 0.6 is 11.6 Å². The van der Waals surface area contributed by atoms with Crippen molar-refractivity contribution < 1.29 is 72.5 Å². The molecule has 3 N–H and O–H groups in total. The van der Waals surface area contributed by atoms with Crippen LogP contribution in [0.5, 0.6) is 5.75 Å². The Bertz CT molecular complexity index is 1030. The van der Waals surface area contributed by atoms with Gasteiger partial charge in [-0.1, -0.05) is 0 Å². The largest absolute Gasteiger partial charge is 0.484 e. The Hall–Kier alpha value is -3.79. The maximum absolute atomic E-state index is 11.9. The minimum atomic E-state index is -1.17. The number of carbonyl (C=O) groups is 6. The van der Waals surface area contributed by atoms with Crippen molar-refractivity contribution in [3.8, 4) is 5.75 Å². The Morgan fingerprint density at radius 2 is 1.31 bits per heavy atom. The lowest BCUT2D eigenvalue weighted by atomic mass is 10.0. The maximum Gasteiger partial charge on any atom is 0.303 e. The second-order valence-electron chi connectivity index (χ2n) is 9.11. The lowest BCUT2D eigenvalue weighted by Crippen LogP contribution is -2.48. The molecule has 256 valence electrons. The quantitative estimate of drug-likeness (QED) is 0.0937. The van der Waals surface area contributed by atoms with E-state index in [9.17, 15) is 34.2 Å². The first-order chi connectivity index (χ1) is 21.1. The van der Waals surface area contributed by atoms with Crippen LogP contribution in [0.1, 0.15) is 64.2 Å². The summed E-state index contributed by atoms with van der Waals surface area (Å²) in [6.07, 6.45) is -3.87. The number of hydrogen-bond donors (Lipinski definition) is 3. The third-order valence-corrected chi connectivity index (χ3v) is 5.56. The monoisotopic (exact) mass is 666 g/mol. The van der Waals surface area contributed by atoms with Crippen molar-refractivity contribution >= 4 is 47.2 Å². The molecule has 0 saturated heterocycles. The van der Waals surface area contributed by atoms with E-state index in [2.05, 4.69) is 4.74 Å². The van der Waals surface area contributed by atoms with Crippen LogP contribution in [0.25, 0.3) is 0 Å². The van der Waals surface area contributed by atoms with Gasteiger partial charge < -0.3 is 43.7 Å². The molecule has 1 aromatic carbocycles. The number of methoxy groups -OCH3 is 1. The zero-order valence-corrected chi connectivity index (χ0v) is 26.9. The molecule has 0 aliphatic carbocycles. The number of ether oxygens (including phenoxy) is 6. The van der Waals surface area contributed by atoms with Crippen LogP contribution in [-0.2, 0) is 47.7 Å². The van der Waals surface area contributed by atoms with Gasteiger partial charge >= 0.3 is 23.9 Å². The van der Waals surface area contributed by atoms with Gasteiger partial charge in [0, 0.05) is 65.7 Å². The van der Waals surface area contributed by atoms with Crippen molar-refractivity contribution in [2.24, 2.45) is 0 Å². The molecule has 0 radical (unpaired) electrons. The second kappa shape index (κ2) is 25.5. The fourth-order valence-electron chi connectivity index (χ4n) is 3.55. The van der Waals surface area contributed by atoms with Crippen LogP contribution < -0.4 is 4.74 Å². The number of hydrogen-bond acceptors (Lipinski definition) is 14. The second-order valence-corrected chi connectivity index (χ2v) is 9.46. The summed E-state index contributed by atoms with van der Waals surface area (Å²) in [6.45, 7) is 5.75. The Balaban J connectivity index is 0. The summed E-state index contributed by atoms with van der Waals surface area (Å²) in [5.41, 5.74) is 0.241. The van der Waals surface area contributed by atoms with E-state index in [1.54, 1.807) is 6.92 Å². The highest BCUT2D eigenvalue weighted by Crippen LogP contribution is 2.22. The van der Waals surface area contributed by atoms with Gasteiger partial charge in [0.2, 0.25) is 0 Å². The van der Waals surface area contributed by atoms with Crippen LogP contribution in [0, 0.1) is 0 Å². The minimum Gasteiger partial charge on any atom is -0.484 e. The van der Waals surface area contributed by atoms with Crippen molar-refractivity contribution in [2.75, 3.05) is 26.9 Å². The SMILES string of the molecule is CC(=O)OC(CCO)CC(C)OCC(Oc1ccc(C(=O)Cl)cc1)C(OC(C)=O)C(CCO)OC(C)=O.COC(C)=O.O=CO. The summed E-state index contributed by atoms with van der Waals surface area (Å²) in [5, 5.41) is 25.0. The minimum absolute atomic E-state index is 0.0440. The van der Waals surface area contributed by atoms with Crippen molar-refractivity contribution in [3.63, 3.8) is 0 Å². The molecule has 5 unspecified atom stereocenters. The first-order valence-corrected chi connectivity index (χ1v) is 14.0. The summed E-state index contributed by atoms with van der Waals surface area (Å²) in [6, 6.07) is 5.87. The number of aliphatic hydroxyl groups excluding tert-OH is 2. The van der Waals surface area contributed by atoms with Gasteiger partial charge in [0.1, 0.15) is 18.0 Å². The van der Waals surface area contributed by atoms with Crippen LogP contribution in [0.15, 0.2) is 24.3 Å². The predicted molar refractivity (Wildman–Crippen MR) is 158 cm³/mol. The first kappa shape index (κ1) is 43.3. The molecule has 0 amide bonds. The number of carboxylic acid groups (broad SMARTS) is 1. The Morgan fingerprint density at radius 1 is 0.822 bits per heavy atom. The van der Waals surface area contributed by atoms with Crippen LogP contribution in [0.4, 0.5) is 0 Å². The molecule has 0 saturated carbocycles. The summed E-state index contributed by atoms with van der Waals surface area (Å²) in [7, 11) is 1.35. The highest BCUT2D eigenvalue weighted by Gasteiger charge is 2.37. The molecule has 5 atom stereocenters. The highest BCUT2D eigenvalue weighted by atomic mass is 35.5. The van der Waals surface area contributed by atoms with Crippen LogP contribution in [0.2, 0.25) is 0 Å². The third kappa shape index (κ3) is 22.4. The third-order valence-electron chi connectivity index (χ3n) is 5.35. The number of benzene rings is 1. The molecular formula is C29H43ClO15. The van der Waals surface area contributed by atoms with E-state index in [0.717, 1.165) is 0 Å². The highest BCUT2D eigenvalue weighted by molar-refractivity contribution is 6.67. The van der Waals surface area contributed by atoms with Gasteiger partial charge in [-0.2, -0.15) is 0 Å². The Kier molecular flexibility index (Phi) is 24.6. The van der Waals surface area contributed by atoms with Crippen molar-refractivity contribution in [3.05, 3.63) is 29.8 Å². The molecule has 0 aliphatic heterocycles. The molecule has 0 fully saturated rings. The fraction of sp³-hybridized carbons (Fsp3) is 0.586. The van der Waals surface area contributed by atoms with E-state index in [4.69, 9.17) is 45.2 Å². The summed E-state index contributed by atoms with van der Waals surface area (Å²) < 4.78 is 32.0. The summed E-state index contributed by atoms with van der Waals surface area (Å²) >= 11 is 5.50. The number of carbonyl (C=O) groups excluding carboxylic acids is 5. The van der Waals surface area contributed by atoms with Gasteiger partial charge in [-0.3, -0.25) is 28.8 Å². The molecule has 16 heteroatoms. The molecule has 0 spiro atoms. The molecule has 15 nitrogen and oxygen atoms in total.